The van der Waals surface area contributed by atoms with Gasteiger partial charge < -0.3 is 5.32 Å². The Labute approximate surface area is 108 Å². The Morgan fingerprint density at radius 2 is 1.71 bits per heavy atom. The van der Waals surface area contributed by atoms with Gasteiger partial charge in [-0.3, -0.25) is 0 Å². The van der Waals surface area contributed by atoms with E-state index in [2.05, 4.69) is 21.2 Å². The number of alkyl halides is 4. The number of halogens is 4. The van der Waals surface area contributed by atoms with E-state index in [9.17, 15) is 13.2 Å². The molecule has 1 N–H and O–H groups in total. The van der Waals surface area contributed by atoms with Crippen LogP contribution in [0.15, 0.2) is 24.3 Å². The molecule has 5 heteroatoms. The second-order valence-corrected chi connectivity index (χ2v) is 4.56. The highest BCUT2D eigenvalue weighted by molar-refractivity contribution is 9.09. The molecule has 1 aromatic rings. The summed E-state index contributed by atoms with van der Waals surface area (Å²) in [4.78, 5) is 0. The van der Waals surface area contributed by atoms with Crippen LogP contribution in [0.1, 0.15) is 24.0 Å². The Morgan fingerprint density at radius 1 is 1.06 bits per heavy atom. The van der Waals surface area contributed by atoms with Crippen molar-refractivity contribution in [1.29, 1.82) is 0 Å². The number of rotatable bonds is 6. The molecule has 0 aliphatic heterocycles. The van der Waals surface area contributed by atoms with Crippen LogP contribution in [-0.2, 0) is 12.7 Å². The molecule has 0 heterocycles. The molecule has 0 radical (unpaired) electrons. The Bertz CT molecular complexity index is 322. The van der Waals surface area contributed by atoms with E-state index < -0.39 is 11.7 Å². The molecule has 1 rings (SSSR count). The van der Waals surface area contributed by atoms with E-state index in [-0.39, 0.29) is 0 Å². The van der Waals surface area contributed by atoms with Gasteiger partial charge in [-0.15, -0.1) is 0 Å². The molecular weight excluding hydrogens is 295 g/mol. The Kier molecular flexibility index (Phi) is 5.98. The van der Waals surface area contributed by atoms with Gasteiger partial charge in [0.25, 0.3) is 0 Å². The topological polar surface area (TPSA) is 12.0 Å². The van der Waals surface area contributed by atoms with Gasteiger partial charge in [-0.05, 0) is 37.1 Å². The molecular formula is C12H15BrF3N. The lowest BCUT2D eigenvalue weighted by molar-refractivity contribution is -0.137. The Morgan fingerprint density at radius 3 is 2.24 bits per heavy atom. The normalized spacial score (nSPS) is 11.8. The SMILES string of the molecule is FC(F)(F)c1ccc(CNCCCCBr)cc1. The van der Waals surface area contributed by atoms with Gasteiger partial charge in [0.15, 0.2) is 0 Å². The van der Waals surface area contributed by atoms with Crippen molar-refractivity contribution in [2.45, 2.75) is 25.6 Å². The third-order valence-corrected chi connectivity index (χ3v) is 2.91. The molecule has 0 unspecified atom stereocenters. The molecule has 0 spiro atoms. The minimum atomic E-state index is -4.25. The number of hydrogen-bond donors (Lipinski definition) is 1. The highest BCUT2D eigenvalue weighted by atomic mass is 79.9. The van der Waals surface area contributed by atoms with Crippen LogP contribution in [0.3, 0.4) is 0 Å². The first-order chi connectivity index (χ1) is 8.04. The summed E-state index contributed by atoms with van der Waals surface area (Å²) in [6.07, 6.45) is -2.09. The predicted octanol–water partition coefficient (Wildman–Crippen LogP) is 3.97. The van der Waals surface area contributed by atoms with Crippen LogP contribution in [0.4, 0.5) is 13.2 Å². The fraction of sp³-hybridized carbons (Fsp3) is 0.500. The number of benzene rings is 1. The summed E-state index contributed by atoms with van der Waals surface area (Å²) in [7, 11) is 0. The molecule has 0 aliphatic rings. The van der Waals surface area contributed by atoms with Crippen molar-refractivity contribution in [3.05, 3.63) is 35.4 Å². The van der Waals surface area contributed by atoms with Crippen LogP contribution in [0.2, 0.25) is 0 Å². The zero-order chi connectivity index (χ0) is 12.7. The Balaban J connectivity index is 2.36. The van der Waals surface area contributed by atoms with Gasteiger partial charge in [0, 0.05) is 11.9 Å². The van der Waals surface area contributed by atoms with Crippen molar-refractivity contribution < 1.29 is 13.2 Å². The monoisotopic (exact) mass is 309 g/mol. The van der Waals surface area contributed by atoms with E-state index in [0.29, 0.717) is 6.54 Å². The largest absolute Gasteiger partial charge is 0.416 e. The molecule has 1 nitrogen and oxygen atoms in total. The first kappa shape index (κ1) is 14.5. The van der Waals surface area contributed by atoms with E-state index in [1.165, 1.54) is 12.1 Å². The third kappa shape index (κ3) is 5.55. The van der Waals surface area contributed by atoms with Crippen LogP contribution < -0.4 is 5.32 Å². The molecule has 0 aromatic heterocycles. The van der Waals surface area contributed by atoms with Gasteiger partial charge in [0.2, 0.25) is 0 Å². The number of unbranched alkanes of at least 4 members (excludes halogenated alkanes) is 1. The van der Waals surface area contributed by atoms with Crippen LogP contribution in [0, 0.1) is 0 Å². The highest BCUT2D eigenvalue weighted by Gasteiger charge is 2.29. The molecule has 0 saturated carbocycles. The van der Waals surface area contributed by atoms with Gasteiger partial charge in [0.1, 0.15) is 0 Å². The second kappa shape index (κ2) is 7.01. The standard InChI is InChI=1S/C12H15BrF3N/c13-7-1-2-8-17-9-10-3-5-11(6-4-10)12(14,15)16/h3-6,17H,1-2,7-9H2. The average molecular weight is 310 g/mol. The zero-order valence-corrected chi connectivity index (χ0v) is 10.9. The third-order valence-electron chi connectivity index (χ3n) is 2.35. The molecule has 17 heavy (non-hydrogen) atoms. The summed E-state index contributed by atoms with van der Waals surface area (Å²) in [5.74, 6) is 0. The lowest BCUT2D eigenvalue weighted by atomic mass is 10.1. The van der Waals surface area contributed by atoms with E-state index in [0.717, 1.165) is 42.4 Å². The lowest BCUT2D eigenvalue weighted by Crippen LogP contribution is -2.15. The van der Waals surface area contributed by atoms with Crippen LogP contribution in [0.25, 0.3) is 0 Å². The van der Waals surface area contributed by atoms with Crippen molar-refractivity contribution in [3.8, 4) is 0 Å². The van der Waals surface area contributed by atoms with Gasteiger partial charge >= 0.3 is 6.18 Å². The predicted molar refractivity (Wildman–Crippen MR) is 66.2 cm³/mol. The molecule has 0 fully saturated rings. The molecule has 96 valence electrons. The van der Waals surface area contributed by atoms with E-state index in [1.54, 1.807) is 0 Å². The smallest absolute Gasteiger partial charge is 0.313 e. The summed E-state index contributed by atoms with van der Waals surface area (Å²) in [6, 6.07) is 5.27. The van der Waals surface area contributed by atoms with E-state index in [4.69, 9.17) is 0 Å². The first-order valence-electron chi connectivity index (χ1n) is 5.47. The summed E-state index contributed by atoms with van der Waals surface area (Å²) in [5, 5.41) is 4.17. The fourth-order valence-corrected chi connectivity index (χ4v) is 1.79. The maximum Gasteiger partial charge on any atom is 0.416 e. The summed E-state index contributed by atoms with van der Waals surface area (Å²) in [5.41, 5.74) is 0.275. The fourth-order valence-electron chi connectivity index (χ4n) is 1.39. The maximum absolute atomic E-state index is 12.3. The number of hydrogen-bond acceptors (Lipinski definition) is 1. The van der Waals surface area contributed by atoms with Gasteiger partial charge in [-0.2, -0.15) is 13.2 Å². The molecule has 1 aromatic carbocycles. The van der Waals surface area contributed by atoms with Crippen molar-refractivity contribution >= 4 is 15.9 Å². The van der Waals surface area contributed by atoms with E-state index >= 15 is 0 Å². The second-order valence-electron chi connectivity index (χ2n) is 3.77. The highest BCUT2D eigenvalue weighted by Crippen LogP contribution is 2.28. The van der Waals surface area contributed by atoms with Gasteiger partial charge in [-0.25, -0.2) is 0 Å². The minimum absolute atomic E-state index is 0.597. The van der Waals surface area contributed by atoms with Crippen LogP contribution in [0.5, 0.6) is 0 Å². The van der Waals surface area contributed by atoms with Crippen molar-refractivity contribution in [1.82, 2.24) is 5.32 Å². The Hall–Kier alpha value is -0.550. The molecule has 0 atom stereocenters. The zero-order valence-electron chi connectivity index (χ0n) is 9.36. The van der Waals surface area contributed by atoms with Crippen molar-refractivity contribution in [2.75, 3.05) is 11.9 Å². The minimum Gasteiger partial charge on any atom is -0.313 e. The van der Waals surface area contributed by atoms with Gasteiger partial charge in [-0.1, -0.05) is 28.1 Å². The van der Waals surface area contributed by atoms with Crippen molar-refractivity contribution in [2.24, 2.45) is 0 Å². The van der Waals surface area contributed by atoms with Crippen molar-refractivity contribution in [3.63, 3.8) is 0 Å². The quantitative estimate of drug-likeness (QED) is 0.619. The molecule has 0 aliphatic carbocycles. The van der Waals surface area contributed by atoms with Crippen LogP contribution >= 0.6 is 15.9 Å². The summed E-state index contributed by atoms with van der Waals surface area (Å²) in [6.45, 7) is 1.49. The molecule has 0 saturated heterocycles. The van der Waals surface area contributed by atoms with E-state index in [1.807, 2.05) is 0 Å². The van der Waals surface area contributed by atoms with Gasteiger partial charge in [0.05, 0.1) is 5.56 Å². The summed E-state index contributed by atoms with van der Waals surface area (Å²) < 4.78 is 36.9. The lowest BCUT2D eigenvalue weighted by Gasteiger charge is -2.08. The average Bonchev–Trinajstić information content (AvgIpc) is 2.28. The molecule has 0 bridgehead atoms. The number of nitrogens with one attached hydrogen (secondary N) is 1. The van der Waals surface area contributed by atoms with Crippen LogP contribution in [-0.4, -0.2) is 11.9 Å². The first-order valence-corrected chi connectivity index (χ1v) is 6.59. The maximum atomic E-state index is 12.3. The summed E-state index contributed by atoms with van der Waals surface area (Å²) >= 11 is 3.34. The molecule has 0 amide bonds.